The average Bonchev–Trinajstić information content (AvgIpc) is 2.64. The Morgan fingerprint density at radius 2 is 2.12 bits per heavy atom. The SMILES string of the molecule is O=C(O)C1CCN(c2cc(F)ccc2F)C1=O. The fourth-order valence-electron chi connectivity index (χ4n) is 1.84. The third-order valence-electron chi connectivity index (χ3n) is 2.70. The van der Waals surface area contributed by atoms with Crippen molar-refractivity contribution < 1.29 is 23.5 Å². The van der Waals surface area contributed by atoms with Crippen LogP contribution in [0.5, 0.6) is 0 Å². The molecule has 1 aromatic rings. The number of carbonyl (C=O) groups is 2. The van der Waals surface area contributed by atoms with Crippen molar-refractivity contribution in [2.24, 2.45) is 5.92 Å². The van der Waals surface area contributed by atoms with Crippen LogP contribution in [0, 0.1) is 17.6 Å². The molecule has 1 fully saturated rings. The van der Waals surface area contributed by atoms with Crippen molar-refractivity contribution in [3.8, 4) is 0 Å². The first kappa shape index (κ1) is 11.5. The first-order valence-electron chi connectivity index (χ1n) is 5.00. The largest absolute Gasteiger partial charge is 0.481 e. The predicted molar refractivity (Wildman–Crippen MR) is 54.5 cm³/mol. The lowest BCUT2D eigenvalue weighted by molar-refractivity contribution is -0.144. The normalized spacial score (nSPS) is 19.8. The fourth-order valence-corrected chi connectivity index (χ4v) is 1.84. The lowest BCUT2D eigenvalue weighted by Gasteiger charge is -2.16. The molecule has 0 spiro atoms. The van der Waals surface area contributed by atoms with Gasteiger partial charge in [-0.2, -0.15) is 0 Å². The van der Waals surface area contributed by atoms with Gasteiger partial charge in [0, 0.05) is 12.6 Å². The van der Waals surface area contributed by atoms with E-state index in [-0.39, 0.29) is 18.7 Å². The van der Waals surface area contributed by atoms with E-state index >= 15 is 0 Å². The van der Waals surface area contributed by atoms with Gasteiger partial charge in [-0.15, -0.1) is 0 Å². The van der Waals surface area contributed by atoms with Gasteiger partial charge in [-0.05, 0) is 18.6 Å². The molecule has 2 rings (SSSR count). The van der Waals surface area contributed by atoms with E-state index in [2.05, 4.69) is 0 Å². The van der Waals surface area contributed by atoms with Gasteiger partial charge >= 0.3 is 5.97 Å². The lowest BCUT2D eigenvalue weighted by Crippen LogP contribution is -2.30. The van der Waals surface area contributed by atoms with Gasteiger partial charge < -0.3 is 10.0 Å². The molecular weight excluding hydrogens is 232 g/mol. The molecule has 1 unspecified atom stereocenters. The molecule has 1 atom stereocenters. The highest BCUT2D eigenvalue weighted by Crippen LogP contribution is 2.28. The number of aliphatic carboxylic acids is 1. The first-order chi connectivity index (χ1) is 8.00. The summed E-state index contributed by atoms with van der Waals surface area (Å²) in [5.41, 5.74) is -0.209. The Bertz CT molecular complexity index is 490. The number of hydrogen-bond acceptors (Lipinski definition) is 2. The van der Waals surface area contributed by atoms with Crippen LogP contribution >= 0.6 is 0 Å². The quantitative estimate of drug-likeness (QED) is 0.796. The van der Waals surface area contributed by atoms with Crippen LogP contribution in [0.2, 0.25) is 0 Å². The minimum absolute atomic E-state index is 0.0795. The summed E-state index contributed by atoms with van der Waals surface area (Å²) in [5, 5.41) is 8.76. The molecule has 1 amide bonds. The molecule has 1 aromatic carbocycles. The van der Waals surface area contributed by atoms with Gasteiger partial charge in [-0.3, -0.25) is 9.59 Å². The van der Waals surface area contributed by atoms with Crippen LogP contribution in [0.15, 0.2) is 18.2 Å². The van der Waals surface area contributed by atoms with Gasteiger partial charge in [0.25, 0.3) is 0 Å². The van der Waals surface area contributed by atoms with Gasteiger partial charge in [0.15, 0.2) is 0 Å². The van der Waals surface area contributed by atoms with Crippen LogP contribution in [0.25, 0.3) is 0 Å². The predicted octanol–water partition coefficient (Wildman–Crippen LogP) is 1.40. The lowest BCUT2D eigenvalue weighted by atomic mass is 10.1. The molecule has 4 nitrogen and oxygen atoms in total. The van der Waals surface area contributed by atoms with Crippen molar-refractivity contribution >= 4 is 17.6 Å². The molecule has 1 saturated heterocycles. The van der Waals surface area contributed by atoms with E-state index in [0.717, 1.165) is 23.1 Å². The van der Waals surface area contributed by atoms with Crippen molar-refractivity contribution in [3.63, 3.8) is 0 Å². The van der Waals surface area contributed by atoms with Crippen LogP contribution in [0.1, 0.15) is 6.42 Å². The molecule has 1 N–H and O–H groups in total. The Morgan fingerprint density at radius 1 is 1.41 bits per heavy atom. The van der Waals surface area contributed by atoms with E-state index < -0.39 is 29.4 Å². The van der Waals surface area contributed by atoms with Crippen molar-refractivity contribution in [1.82, 2.24) is 0 Å². The standard InChI is InChI=1S/C11H9F2NO3/c12-6-1-2-8(13)9(5-6)14-4-3-7(10(14)15)11(16)17/h1-2,5,7H,3-4H2,(H,16,17). The van der Waals surface area contributed by atoms with Crippen molar-refractivity contribution in [2.45, 2.75) is 6.42 Å². The average molecular weight is 241 g/mol. The summed E-state index contributed by atoms with van der Waals surface area (Å²) in [6, 6.07) is 2.73. The number of rotatable bonds is 2. The number of nitrogens with zero attached hydrogens (tertiary/aromatic N) is 1. The molecular formula is C11H9F2NO3. The summed E-state index contributed by atoms with van der Waals surface area (Å²) >= 11 is 0. The number of anilines is 1. The molecule has 0 bridgehead atoms. The Morgan fingerprint density at radius 3 is 2.71 bits per heavy atom. The monoisotopic (exact) mass is 241 g/mol. The molecule has 0 aliphatic carbocycles. The molecule has 1 aliphatic rings. The Hall–Kier alpha value is -1.98. The topological polar surface area (TPSA) is 57.6 Å². The maximum atomic E-state index is 13.4. The minimum Gasteiger partial charge on any atom is -0.481 e. The number of carboxylic acids is 1. The van der Waals surface area contributed by atoms with E-state index in [4.69, 9.17) is 5.11 Å². The second-order valence-electron chi connectivity index (χ2n) is 3.77. The number of hydrogen-bond donors (Lipinski definition) is 1. The van der Waals surface area contributed by atoms with E-state index in [1.54, 1.807) is 0 Å². The zero-order valence-electron chi connectivity index (χ0n) is 8.69. The van der Waals surface area contributed by atoms with Gasteiger partial charge in [0.05, 0.1) is 5.69 Å². The number of amides is 1. The second-order valence-corrected chi connectivity index (χ2v) is 3.77. The van der Waals surface area contributed by atoms with Crippen LogP contribution in [-0.4, -0.2) is 23.5 Å². The first-order valence-corrected chi connectivity index (χ1v) is 5.00. The third-order valence-corrected chi connectivity index (χ3v) is 2.70. The van der Waals surface area contributed by atoms with Gasteiger partial charge in [-0.1, -0.05) is 0 Å². The molecule has 90 valence electrons. The molecule has 0 saturated carbocycles. The van der Waals surface area contributed by atoms with Gasteiger partial charge in [-0.25, -0.2) is 8.78 Å². The van der Waals surface area contributed by atoms with Crippen molar-refractivity contribution in [1.29, 1.82) is 0 Å². The number of halogens is 2. The van der Waals surface area contributed by atoms with Crippen molar-refractivity contribution in [3.05, 3.63) is 29.8 Å². The van der Waals surface area contributed by atoms with Crippen LogP contribution in [0.3, 0.4) is 0 Å². The smallest absolute Gasteiger partial charge is 0.316 e. The summed E-state index contributed by atoms with van der Waals surface area (Å²) in [6.45, 7) is 0.0795. The number of carboxylic acid groups (broad SMARTS) is 1. The maximum absolute atomic E-state index is 13.4. The van der Waals surface area contributed by atoms with Crippen molar-refractivity contribution in [2.75, 3.05) is 11.4 Å². The third kappa shape index (κ3) is 1.98. The van der Waals surface area contributed by atoms with E-state index in [1.807, 2.05) is 0 Å². The summed E-state index contributed by atoms with van der Waals surface area (Å²) < 4.78 is 26.4. The fraction of sp³-hybridized carbons (Fsp3) is 0.273. The number of carbonyl (C=O) groups excluding carboxylic acids is 1. The highest BCUT2D eigenvalue weighted by Gasteiger charge is 2.38. The van der Waals surface area contributed by atoms with Crippen LogP contribution in [-0.2, 0) is 9.59 Å². The zero-order chi connectivity index (χ0) is 12.6. The number of benzene rings is 1. The molecule has 1 heterocycles. The van der Waals surface area contributed by atoms with Gasteiger partial charge in [0.2, 0.25) is 5.91 Å². The Kier molecular flexibility index (Phi) is 2.79. The molecule has 17 heavy (non-hydrogen) atoms. The molecule has 6 heteroatoms. The Labute approximate surface area is 95.5 Å². The summed E-state index contributed by atoms with van der Waals surface area (Å²) in [7, 11) is 0. The zero-order valence-corrected chi connectivity index (χ0v) is 8.69. The maximum Gasteiger partial charge on any atom is 0.316 e. The highest BCUT2D eigenvalue weighted by molar-refractivity contribution is 6.07. The molecule has 0 radical (unpaired) electrons. The van der Waals surface area contributed by atoms with Gasteiger partial charge in [0.1, 0.15) is 17.6 Å². The molecule has 1 aliphatic heterocycles. The summed E-state index contributed by atoms with van der Waals surface area (Å²) in [4.78, 5) is 23.4. The van der Waals surface area contributed by atoms with E-state index in [0.29, 0.717) is 0 Å². The Balaban J connectivity index is 2.33. The van der Waals surface area contributed by atoms with Crippen LogP contribution in [0.4, 0.5) is 14.5 Å². The van der Waals surface area contributed by atoms with E-state index in [9.17, 15) is 18.4 Å². The van der Waals surface area contributed by atoms with Crippen LogP contribution < -0.4 is 4.90 Å². The summed E-state index contributed by atoms with van der Waals surface area (Å²) in [5.74, 6) is -4.53. The second kappa shape index (κ2) is 4.12. The molecule has 0 aromatic heterocycles. The minimum atomic E-state index is -1.24. The highest BCUT2D eigenvalue weighted by atomic mass is 19.1. The summed E-state index contributed by atoms with van der Waals surface area (Å²) in [6.07, 6.45) is 0.101. The van der Waals surface area contributed by atoms with E-state index in [1.165, 1.54) is 0 Å².